The van der Waals surface area contributed by atoms with Crippen molar-refractivity contribution in [1.29, 1.82) is 0 Å². The number of hydrogen-bond acceptors (Lipinski definition) is 7. The molecule has 0 aliphatic rings. The maximum atomic E-state index is 12.9. The molecular weight excluding hydrogens is 354 g/mol. The van der Waals surface area contributed by atoms with E-state index >= 15 is 0 Å². The van der Waals surface area contributed by atoms with E-state index in [2.05, 4.69) is 4.74 Å². The second kappa shape index (κ2) is 11.5. The van der Waals surface area contributed by atoms with Gasteiger partial charge >= 0.3 is 17.9 Å². The van der Waals surface area contributed by atoms with Crippen molar-refractivity contribution in [2.24, 2.45) is 0 Å². The first-order valence-electron chi connectivity index (χ1n) is 8.38. The first-order chi connectivity index (χ1) is 12.9. The molecule has 0 saturated carbocycles. The summed E-state index contributed by atoms with van der Waals surface area (Å²) in [5.74, 6) is -3.34. The van der Waals surface area contributed by atoms with Crippen LogP contribution in [0.4, 0.5) is 0 Å². The number of nitrogens with zero attached hydrogens (tertiary/aromatic N) is 1. The van der Waals surface area contributed by atoms with Crippen LogP contribution in [0.3, 0.4) is 0 Å². The van der Waals surface area contributed by atoms with Crippen LogP contribution in [0.5, 0.6) is 0 Å². The average Bonchev–Trinajstić information content (AvgIpc) is 2.65. The molecule has 1 rings (SSSR count). The van der Waals surface area contributed by atoms with Crippen molar-refractivity contribution in [3.63, 3.8) is 0 Å². The summed E-state index contributed by atoms with van der Waals surface area (Å²) >= 11 is 0. The van der Waals surface area contributed by atoms with Gasteiger partial charge in [-0.15, -0.1) is 0 Å². The van der Waals surface area contributed by atoms with Gasteiger partial charge in [0, 0.05) is 12.6 Å². The van der Waals surface area contributed by atoms with E-state index in [-0.39, 0.29) is 19.8 Å². The van der Waals surface area contributed by atoms with E-state index in [4.69, 9.17) is 9.47 Å². The highest BCUT2D eigenvalue weighted by molar-refractivity contribution is 6.19. The third-order valence-electron chi connectivity index (χ3n) is 3.31. The first kappa shape index (κ1) is 21.9. The van der Waals surface area contributed by atoms with Crippen molar-refractivity contribution < 1.29 is 33.4 Å². The highest BCUT2D eigenvalue weighted by Crippen LogP contribution is 2.11. The van der Waals surface area contributed by atoms with Gasteiger partial charge in [-0.05, 0) is 19.4 Å². The Bertz CT molecular complexity index is 697. The van der Waals surface area contributed by atoms with Crippen LogP contribution in [0.2, 0.25) is 0 Å². The molecule has 8 nitrogen and oxygen atoms in total. The molecule has 0 heterocycles. The van der Waals surface area contributed by atoms with Crippen LogP contribution < -0.4 is 0 Å². The molecular formula is C19H23NO7. The Balaban J connectivity index is 3.17. The highest BCUT2D eigenvalue weighted by Gasteiger charge is 2.28. The fraction of sp³-hybridized carbons (Fsp3) is 0.368. The molecule has 8 heteroatoms. The minimum absolute atomic E-state index is 0.0373. The van der Waals surface area contributed by atoms with Gasteiger partial charge in [-0.3, -0.25) is 9.59 Å². The molecule has 0 aromatic heterocycles. The number of rotatable bonds is 9. The summed E-state index contributed by atoms with van der Waals surface area (Å²) in [5.41, 5.74) is 0.201. The number of carbonyl (C=O) groups excluding carboxylic acids is 4. The van der Waals surface area contributed by atoms with Crippen molar-refractivity contribution in [2.75, 3.05) is 26.9 Å². The Kier molecular flexibility index (Phi) is 9.28. The minimum Gasteiger partial charge on any atom is -0.465 e. The van der Waals surface area contributed by atoms with E-state index in [1.165, 1.54) is 0 Å². The molecule has 0 bridgehead atoms. The van der Waals surface area contributed by atoms with Gasteiger partial charge in [0.05, 0.1) is 20.3 Å². The fourth-order valence-electron chi connectivity index (χ4n) is 2.16. The quantitative estimate of drug-likeness (QED) is 0.210. The molecule has 0 aliphatic carbocycles. The lowest BCUT2D eigenvalue weighted by Crippen LogP contribution is -2.39. The zero-order valence-electron chi connectivity index (χ0n) is 15.6. The first-order valence-corrected chi connectivity index (χ1v) is 8.38. The van der Waals surface area contributed by atoms with E-state index in [0.29, 0.717) is 0 Å². The third kappa shape index (κ3) is 7.31. The van der Waals surface area contributed by atoms with E-state index < -0.39 is 35.9 Å². The predicted molar refractivity (Wildman–Crippen MR) is 95.2 cm³/mol. The number of esters is 3. The number of hydrogen-bond donors (Lipinski definition) is 0. The molecule has 0 N–H and O–H groups in total. The Morgan fingerprint density at radius 1 is 1.00 bits per heavy atom. The lowest BCUT2D eigenvalue weighted by atomic mass is 10.1. The number of amides is 1. The largest absolute Gasteiger partial charge is 0.465 e. The molecule has 1 aromatic rings. The molecule has 27 heavy (non-hydrogen) atoms. The normalized spacial score (nSPS) is 10.7. The molecule has 1 aromatic carbocycles. The van der Waals surface area contributed by atoms with Gasteiger partial charge in [0.15, 0.2) is 0 Å². The van der Waals surface area contributed by atoms with Crippen molar-refractivity contribution in [3.05, 3.63) is 47.5 Å². The molecule has 0 radical (unpaired) electrons. The summed E-state index contributed by atoms with van der Waals surface area (Å²) in [4.78, 5) is 49.6. The van der Waals surface area contributed by atoms with E-state index in [0.717, 1.165) is 23.6 Å². The van der Waals surface area contributed by atoms with Crippen LogP contribution in [-0.4, -0.2) is 55.6 Å². The summed E-state index contributed by atoms with van der Waals surface area (Å²) in [6.45, 7) is 3.10. The van der Waals surface area contributed by atoms with Gasteiger partial charge in [-0.1, -0.05) is 30.3 Å². The summed E-state index contributed by atoms with van der Waals surface area (Å²) in [6, 6.07) is 8.88. The summed E-state index contributed by atoms with van der Waals surface area (Å²) in [7, 11) is 1.08. The lowest BCUT2D eigenvalue weighted by Gasteiger charge is -2.22. The smallest absolute Gasteiger partial charge is 0.343 e. The summed E-state index contributed by atoms with van der Waals surface area (Å²) < 4.78 is 14.2. The van der Waals surface area contributed by atoms with Crippen LogP contribution in [0, 0.1) is 0 Å². The molecule has 0 atom stereocenters. The van der Waals surface area contributed by atoms with Gasteiger partial charge in [-0.2, -0.15) is 0 Å². The second-order valence-corrected chi connectivity index (χ2v) is 5.25. The second-order valence-electron chi connectivity index (χ2n) is 5.25. The van der Waals surface area contributed by atoms with E-state index in [1.54, 1.807) is 38.1 Å². The van der Waals surface area contributed by atoms with Crippen LogP contribution in [0.25, 0.3) is 0 Å². The topological polar surface area (TPSA) is 99.2 Å². The Labute approximate surface area is 157 Å². The minimum atomic E-state index is -1.00. The lowest BCUT2D eigenvalue weighted by molar-refractivity contribution is -0.150. The zero-order chi connectivity index (χ0) is 20.2. The molecule has 146 valence electrons. The van der Waals surface area contributed by atoms with Crippen molar-refractivity contribution in [3.8, 4) is 0 Å². The van der Waals surface area contributed by atoms with E-state index in [1.807, 2.05) is 6.07 Å². The third-order valence-corrected chi connectivity index (χ3v) is 3.31. The summed E-state index contributed by atoms with van der Waals surface area (Å²) in [6.07, 6.45) is 0.765. The van der Waals surface area contributed by atoms with Crippen LogP contribution in [-0.2, 0) is 39.9 Å². The number of methoxy groups -OCH3 is 1. The monoisotopic (exact) mass is 377 g/mol. The molecule has 1 amide bonds. The molecule has 0 saturated heterocycles. The van der Waals surface area contributed by atoms with Crippen LogP contribution in [0.15, 0.2) is 42.0 Å². The highest BCUT2D eigenvalue weighted by atomic mass is 16.5. The van der Waals surface area contributed by atoms with Crippen LogP contribution in [0.1, 0.15) is 19.4 Å². The maximum Gasteiger partial charge on any atom is 0.343 e. The Hall–Kier alpha value is -3.16. The summed E-state index contributed by atoms with van der Waals surface area (Å²) in [5, 5.41) is 0. The fourth-order valence-corrected chi connectivity index (χ4v) is 2.16. The van der Waals surface area contributed by atoms with E-state index in [9.17, 15) is 19.2 Å². The van der Waals surface area contributed by atoms with Gasteiger partial charge in [-0.25, -0.2) is 9.59 Å². The zero-order valence-corrected chi connectivity index (χ0v) is 15.6. The van der Waals surface area contributed by atoms with Gasteiger partial charge in [0.1, 0.15) is 12.1 Å². The Morgan fingerprint density at radius 3 is 2.19 bits per heavy atom. The maximum absolute atomic E-state index is 12.9. The van der Waals surface area contributed by atoms with Crippen molar-refractivity contribution in [2.45, 2.75) is 20.4 Å². The van der Waals surface area contributed by atoms with Gasteiger partial charge < -0.3 is 19.1 Å². The standard InChI is InChI=1S/C19H23NO7/c1-4-26-16(21)11-15(19(24)25-3)18(23)20(13-17(22)27-5-2)12-14-9-7-6-8-10-14/h6-11H,4-5,12-13H2,1-3H3/b15-11+. The SMILES string of the molecule is CCOC(=O)/C=C(/C(=O)OC)C(=O)N(CC(=O)OCC)Cc1ccccc1. The molecule has 0 unspecified atom stereocenters. The van der Waals surface area contributed by atoms with Gasteiger partial charge in [0.2, 0.25) is 0 Å². The number of carbonyl (C=O) groups is 4. The Morgan fingerprint density at radius 2 is 1.63 bits per heavy atom. The van der Waals surface area contributed by atoms with Gasteiger partial charge in [0.25, 0.3) is 5.91 Å². The van der Waals surface area contributed by atoms with Crippen molar-refractivity contribution in [1.82, 2.24) is 4.90 Å². The van der Waals surface area contributed by atoms with Crippen molar-refractivity contribution >= 4 is 23.8 Å². The molecule has 0 aliphatic heterocycles. The average molecular weight is 377 g/mol. The molecule has 0 spiro atoms. The van der Waals surface area contributed by atoms with Crippen LogP contribution >= 0.6 is 0 Å². The number of ether oxygens (including phenoxy) is 3. The number of benzene rings is 1. The molecule has 0 fully saturated rings. The predicted octanol–water partition coefficient (Wildman–Crippen LogP) is 1.24.